The Bertz CT molecular complexity index is 1820. The Kier molecular flexibility index (Phi) is 13.9. The van der Waals surface area contributed by atoms with Crippen molar-refractivity contribution in [3.63, 3.8) is 0 Å². The molecule has 17 heteroatoms. The normalized spacial score (nSPS) is 15.3. The first-order chi connectivity index (χ1) is 24.8. The monoisotopic (exact) mass is 758 g/mol. The van der Waals surface area contributed by atoms with Crippen LogP contribution in [0.5, 0.6) is 11.5 Å². The lowest BCUT2D eigenvalue weighted by Crippen LogP contribution is -2.46. The van der Waals surface area contributed by atoms with Crippen LogP contribution in [0.4, 0.5) is 19.7 Å². The molecule has 3 aromatic carbocycles. The highest BCUT2D eigenvalue weighted by Crippen LogP contribution is 2.34. The third-order valence-corrected chi connectivity index (χ3v) is 8.23. The molecule has 3 aromatic rings. The summed E-state index contributed by atoms with van der Waals surface area (Å²) in [5.41, 5.74) is -1.14. The van der Waals surface area contributed by atoms with E-state index in [-0.39, 0.29) is 64.7 Å². The molecule has 1 aliphatic heterocycles. The van der Waals surface area contributed by atoms with E-state index in [4.69, 9.17) is 52.3 Å². The standard InChI is InChI=1S/C35H36ClFN4O10S/c1-5-46-30(42)21(2)48-20-35(31(43)47-16-15-22-11-13-24(14-12-22)50-34(45)41(4)32(52)38-3)19-29(40-51-35)25-17-28(27(37)18-26(25)36)39-33(44)49-23-9-7-6-8-10-23/h6-14,17-18,21H,5,15-16,19-20H2,1-4H3,(H,38,52)(H,39,44). The summed E-state index contributed by atoms with van der Waals surface area (Å²) >= 11 is 11.4. The number of nitrogens with zero attached hydrogens (tertiary/aromatic N) is 2. The Hall–Kier alpha value is -5.32. The molecule has 276 valence electrons. The van der Waals surface area contributed by atoms with Crippen LogP contribution >= 0.6 is 23.8 Å². The van der Waals surface area contributed by atoms with Gasteiger partial charge in [-0.15, -0.1) is 0 Å². The highest BCUT2D eigenvalue weighted by Gasteiger charge is 2.50. The van der Waals surface area contributed by atoms with Gasteiger partial charge < -0.3 is 33.8 Å². The largest absolute Gasteiger partial charge is 0.464 e. The van der Waals surface area contributed by atoms with Crippen LogP contribution in [-0.4, -0.2) is 85.5 Å². The van der Waals surface area contributed by atoms with Gasteiger partial charge in [-0.25, -0.2) is 23.6 Å². The smallest absolute Gasteiger partial charge is 0.421 e. The predicted octanol–water partition coefficient (Wildman–Crippen LogP) is 5.64. The number of carbonyl (C=O) groups is 4. The number of amides is 2. The minimum absolute atomic E-state index is 0.0858. The van der Waals surface area contributed by atoms with Crippen molar-refractivity contribution in [1.29, 1.82) is 0 Å². The number of benzene rings is 3. The van der Waals surface area contributed by atoms with E-state index in [1.165, 1.54) is 20.0 Å². The number of ether oxygens (including phenoxy) is 5. The van der Waals surface area contributed by atoms with Gasteiger partial charge in [0.1, 0.15) is 23.9 Å². The fourth-order valence-corrected chi connectivity index (χ4v) is 4.92. The van der Waals surface area contributed by atoms with Gasteiger partial charge in [0.2, 0.25) is 0 Å². The van der Waals surface area contributed by atoms with E-state index in [1.54, 1.807) is 68.6 Å². The first kappa shape index (κ1) is 39.5. The zero-order valence-electron chi connectivity index (χ0n) is 28.6. The number of anilines is 1. The first-order valence-corrected chi connectivity index (χ1v) is 16.6. The lowest BCUT2D eigenvalue weighted by molar-refractivity contribution is -0.183. The Morgan fingerprint density at radius 2 is 1.75 bits per heavy atom. The molecule has 4 rings (SSSR count). The molecule has 0 spiro atoms. The number of nitrogens with one attached hydrogen (secondary N) is 2. The van der Waals surface area contributed by atoms with Crippen molar-refractivity contribution in [2.75, 3.05) is 39.2 Å². The topological polar surface area (TPSA) is 163 Å². The van der Waals surface area contributed by atoms with Crippen molar-refractivity contribution >= 4 is 64.5 Å². The molecule has 0 saturated carbocycles. The number of hydrogen-bond acceptors (Lipinski definition) is 12. The number of para-hydroxylation sites is 1. The van der Waals surface area contributed by atoms with Gasteiger partial charge >= 0.3 is 24.1 Å². The summed E-state index contributed by atoms with van der Waals surface area (Å²) in [4.78, 5) is 57.4. The molecule has 14 nitrogen and oxygen atoms in total. The molecule has 0 radical (unpaired) electrons. The summed E-state index contributed by atoms with van der Waals surface area (Å²) in [6, 6.07) is 16.9. The maximum absolute atomic E-state index is 14.9. The molecular formula is C35H36ClFN4O10S. The van der Waals surface area contributed by atoms with Crippen LogP contribution in [0.3, 0.4) is 0 Å². The second kappa shape index (κ2) is 18.3. The summed E-state index contributed by atoms with van der Waals surface area (Å²) in [6.07, 6.45) is -2.69. The van der Waals surface area contributed by atoms with Gasteiger partial charge in [-0.3, -0.25) is 10.2 Å². The summed E-state index contributed by atoms with van der Waals surface area (Å²) < 4.78 is 41.6. The Morgan fingerprint density at radius 1 is 1.06 bits per heavy atom. The molecule has 2 atom stereocenters. The third kappa shape index (κ3) is 10.4. The van der Waals surface area contributed by atoms with Gasteiger partial charge in [-0.2, -0.15) is 0 Å². The van der Waals surface area contributed by atoms with E-state index in [1.807, 2.05) is 0 Å². The Balaban J connectivity index is 1.45. The second-order valence-electron chi connectivity index (χ2n) is 11.2. The maximum atomic E-state index is 14.9. The summed E-state index contributed by atoms with van der Waals surface area (Å²) in [5.74, 6) is -1.86. The van der Waals surface area contributed by atoms with Crippen molar-refractivity contribution < 1.29 is 52.1 Å². The SMILES string of the molecule is CCOC(=O)C(C)OCC1(C(=O)OCCc2ccc(OC(=O)N(C)C(=S)NC)cc2)CC(c2cc(NC(=O)Oc3ccccc3)c(F)cc2Cl)=NO1. The zero-order valence-corrected chi connectivity index (χ0v) is 30.2. The van der Waals surface area contributed by atoms with E-state index in [2.05, 4.69) is 15.8 Å². The molecule has 2 N–H and O–H groups in total. The molecule has 1 aliphatic rings. The number of halogens is 2. The van der Waals surface area contributed by atoms with Crippen molar-refractivity contribution in [1.82, 2.24) is 10.2 Å². The molecule has 0 fully saturated rings. The van der Waals surface area contributed by atoms with Gasteiger partial charge in [0.25, 0.3) is 5.60 Å². The molecule has 0 aliphatic carbocycles. The van der Waals surface area contributed by atoms with E-state index in [9.17, 15) is 23.6 Å². The van der Waals surface area contributed by atoms with Gasteiger partial charge in [0.05, 0.1) is 29.6 Å². The minimum atomic E-state index is -1.87. The third-order valence-electron chi connectivity index (χ3n) is 7.44. The van der Waals surface area contributed by atoms with E-state index >= 15 is 0 Å². The minimum Gasteiger partial charge on any atom is -0.464 e. The van der Waals surface area contributed by atoms with Gasteiger partial charge in [0.15, 0.2) is 11.2 Å². The number of oxime groups is 1. The van der Waals surface area contributed by atoms with Crippen LogP contribution in [0.25, 0.3) is 0 Å². The first-order valence-electron chi connectivity index (χ1n) is 15.9. The number of rotatable bonds is 13. The van der Waals surface area contributed by atoms with Crippen LogP contribution in [0.15, 0.2) is 71.9 Å². The van der Waals surface area contributed by atoms with Crippen molar-refractivity contribution in [2.45, 2.75) is 38.4 Å². The fourth-order valence-electron chi connectivity index (χ4n) is 4.59. The van der Waals surface area contributed by atoms with Crippen LogP contribution in [-0.2, 0) is 35.1 Å². The van der Waals surface area contributed by atoms with Crippen LogP contribution < -0.4 is 20.1 Å². The average molecular weight is 759 g/mol. The Labute approximate surface area is 309 Å². The summed E-state index contributed by atoms with van der Waals surface area (Å²) in [7, 11) is 3.05. The Morgan fingerprint density at radius 3 is 2.42 bits per heavy atom. The van der Waals surface area contributed by atoms with Crippen molar-refractivity contribution in [2.24, 2.45) is 5.16 Å². The highest BCUT2D eigenvalue weighted by molar-refractivity contribution is 7.80. The van der Waals surface area contributed by atoms with Gasteiger partial charge in [-0.1, -0.05) is 47.1 Å². The fraction of sp³-hybridized carbons (Fsp3) is 0.314. The quantitative estimate of drug-likeness (QED) is 0.163. The molecule has 0 aromatic heterocycles. The number of thiocarbonyl (C=S) groups is 1. The van der Waals surface area contributed by atoms with E-state index in [0.717, 1.165) is 16.5 Å². The van der Waals surface area contributed by atoms with Gasteiger partial charge in [0, 0.05) is 32.5 Å². The molecule has 52 heavy (non-hydrogen) atoms. The van der Waals surface area contributed by atoms with Crippen molar-refractivity contribution in [3.05, 3.63) is 88.7 Å². The molecular weight excluding hydrogens is 723 g/mol. The highest BCUT2D eigenvalue weighted by atomic mass is 35.5. The molecule has 0 bridgehead atoms. The number of hydrogen-bond donors (Lipinski definition) is 2. The molecule has 2 unspecified atom stereocenters. The zero-order chi connectivity index (χ0) is 37.8. The van der Waals surface area contributed by atoms with Crippen LogP contribution in [0.1, 0.15) is 31.4 Å². The van der Waals surface area contributed by atoms with Gasteiger partial charge in [-0.05, 0) is 68.0 Å². The summed E-state index contributed by atoms with van der Waals surface area (Å²) in [6.45, 7) is 2.63. The molecule has 1 heterocycles. The van der Waals surface area contributed by atoms with Crippen LogP contribution in [0.2, 0.25) is 5.02 Å². The van der Waals surface area contributed by atoms with E-state index < -0.39 is 48.3 Å². The average Bonchev–Trinajstić information content (AvgIpc) is 3.57. The number of esters is 2. The maximum Gasteiger partial charge on any atom is 0.421 e. The van der Waals surface area contributed by atoms with Crippen LogP contribution in [0, 0.1) is 5.82 Å². The molecule has 0 saturated heterocycles. The van der Waals surface area contributed by atoms with Crippen molar-refractivity contribution in [3.8, 4) is 11.5 Å². The summed E-state index contributed by atoms with van der Waals surface area (Å²) in [5, 5.41) is 9.18. The lowest BCUT2D eigenvalue weighted by atomic mass is 9.94. The lowest BCUT2D eigenvalue weighted by Gasteiger charge is -2.25. The second-order valence-corrected chi connectivity index (χ2v) is 12.0. The predicted molar refractivity (Wildman–Crippen MR) is 191 cm³/mol. The molecule has 2 amide bonds. The van der Waals surface area contributed by atoms with E-state index in [0.29, 0.717) is 0 Å². The number of carbonyl (C=O) groups excluding carboxylic acids is 4.